The number of hydrogen-bond acceptors (Lipinski definition) is 7. The third-order valence-corrected chi connectivity index (χ3v) is 5.92. The lowest BCUT2D eigenvalue weighted by atomic mass is 10.2. The molecule has 0 aliphatic rings. The van der Waals surface area contributed by atoms with Crippen molar-refractivity contribution < 1.29 is 9.15 Å². The van der Waals surface area contributed by atoms with E-state index in [2.05, 4.69) is 47.8 Å². The van der Waals surface area contributed by atoms with Crippen molar-refractivity contribution in [3.8, 4) is 28.6 Å². The maximum atomic E-state index is 5.82. The summed E-state index contributed by atoms with van der Waals surface area (Å²) in [6.07, 6.45) is 0. The summed E-state index contributed by atoms with van der Waals surface area (Å²) in [6.45, 7) is 2.82. The molecule has 0 amide bonds. The van der Waals surface area contributed by atoms with E-state index >= 15 is 0 Å². The van der Waals surface area contributed by atoms with E-state index in [9.17, 15) is 0 Å². The predicted molar refractivity (Wildman–Crippen MR) is 115 cm³/mol. The summed E-state index contributed by atoms with van der Waals surface area (Å²) in [6, 6.07) is 15.5. The van der Waals surface area contributed by atoms with Gasteiger partial charge in [0.05, 0.1) is 18.4 Å². The number of rotatable bonds is 7. The van der Waals surface area contributed by atoms with Crippen molar-refractivity contribution >= 4 is 27.7 Å². The van der Waals surface area contributed by atoms with Gasteiger partial charge in [-0.3, -0.25) is 0 Å². The van der Waals surface area contributed by atoms with Crippen molar-refractivity contribution in [1.82, 2.24) is 25.0 Å². The Hall–Kier alpha value is -2.65. The second-order valence-electron chi connectivity index (χ2n) is 6.05. The number of ether oxygens (including phenoxy) is 1. The van der Waals surface area contributed by atoms with E-state index in [4.69, 9.17) is 9.15 Å². The molecule has 148 valence electrons. The van der Waals surface area contributed by atoms with Gasteiger partial charge in [0.2, 0.25) is 11.8 Å². The van der Waals surface area contributed by atoms with Crippen molar-refractivity contribution in [3.05, 3.63) is 58.9 Å². The Kier molecular flexibility index (Phi) is 5.96. The minimum atomic E-state index is 0.490. The van der Waals surface area contributed by atoms with E-state index in [1.807, 2.05) is 48.5 Å². The van der Waals surface area contributed by atoms with Crippen LogP contribution in [0.25, 0.3) is 22.8 Å². The van der Waals surface area contributed by atoms with Crippen molar-refractivity contribution in [1.29, 1.82) is 0 Å². The van der Waals surface area contributed by atoms with Crippen LogP contribution in [0.5, 0.6) is 5.75 Å². The van der Waals surface area contributed by atoms with Crippen molar-refractivity contribution in [2.24, 2.45) is 0 Å². The van der Waals surface area contributed by atoms with Gasteiger partial charge in [-0.05, 0) is 59.3 Å². The molecule has 2 heterocycles. The SMILES string of the molecule is CCn1c(SCc2nnc(-c3ccccc3Br)o2)nnc1-c1ccc(OC)cc1. The molecule has 4 aromatic rings. The second-order valence-corrected chi connectivity index (χ2v) is 7.85. The molecule has 0 saturated heterocycles. The molecule has 2 aromatic heterocycles. The quantitative estimate of drug-likeness (QED) is 0.347. The topological polar surface area (TPSA) is 78.9 Å². The Labute approximate surface area is 180 Å². The highest BCUT2D eigenvalue weighted by atomic mass is 79.9. The van der Waals surface area contributed by atoms with Crippen LogP contribution in [0.2, 0.25) is 0 Å². The third-order valence-electron chi connectivity index (χ3n) is 4.28. The number of nitrogens with zero attached hydrogens (tertiary/aromatic N) is 5. The molecule has 2 aromatic carbocycles. The van der Waals surface area contributed by atoms with E-state index in [0.29, 0.717) is 17.5 Å². The Morgan fingerprint density at radius 1 is 1.03 bits per heavy atom. The highest BCUT2D eigenvalue weighted by Gasteiger charge is 2.16. The van der Waals surface area contributed by atoms with Crippen LogP contribution in [0.3, 0.4) is 0 Å². The standard InChI is InChI=1S/C20H18BrN5O2S/c1-3-26-18(13-8-10-14(27-2)11-9-13)23-25-20(26)29-12-17-22-24-19(28-17)15-6-4-5-7-16(15)21/h4-11H,3,12H2,1-2H3. The van der Waals surface area contributed by atoms with E-state index in [1.54, 1.807) is 7.11 Å². The zero-order valence-electron chi connectivity index (χ0n) is 15.9. The molecule has 0 aliphatic carbocycles. The Morgan fingerprint density at radius 2 is 1.83 bits per heavy atom. The highest BCUT2D eigenvalue weighted by Crippen LogP contribution is 2.30. The molecular formula is C20H18BrN5O2S. The molecule has 9 heteroatoms. The molecule has 0 spiro atoms. The number of halogens is 1. The average molecular weight is 472 g/mol. The first kappa shape index (κ1) is 19.7. The number of thioether (sulfide) groups is 1. The van der Waals surface area contributed by atoms with Crippen molar-refractivity contribution in [3.63, 3.8) is 0 Å². The lowest BCUT2D eigenvalue weighted by molar-refractivity contribution is 0.415. The fraction of sp³-hybridized carbons (Fsp3) is 0.200. The maximum absolute atomic E-state index is 5.82. The van der Waals surface area contributed by atoms with E-state index in [1.165, 1.54) is 11.8 Å². The average Bonchev–Trinajstić information content (AvgIpc) is 3.39. The number of methoxy groups -OCH3 is 1. The summed E-state index contributed by atoms with van der Waals surface area (Å²) in [4.78, 5) is 0. The van der Waals surface area contributed by atoms with Gasteiger partial charge in [-0.15, -0.1) is 20.4 Å². The van der Waals surface area contributed by atoms with Gasteiger partial charge in [-0.1, -0.05) is 23.9 Å². The molecule has 0 fully saturated rings. The maximum Gasteiger partial charge on any atom is 0.248 e. The van der Waals surface area contributed by atoms with Crippen LogP contribution >= 0.6 is 27.7 Å². The van der Waals surface area contributed by atoms with Gasteiger partial charge in [0.15, 0.2) is 11.0 Å². The van der Waals surface area contributed by atoms with Gasteiger partial charge in [0.25, 0.3) is 0 Å². The molecule has 0 N–H and O–H groups in total. The minimum Gasteiger partial charge on any atom is -0.497 e. The minimum absolute atomic E-state index is 0.490. The molecule has 29 heavy (non-hydrogen) atoms. The van der Waals surface area contributed by atoms with Gasteiger partial charge in [0.1, 0.15) is 5.75 Å². The smallest absolute Gasteiger partial charge is 0.248 e. The summed E-state index contributed by atoms with van der Waals surface area (Å²) in [7, 11) is 1.65. The van der Waals surface area contributed by atoms with Crippen LogP contribution in [-0.2, 0) is 12.3 Å². The second kappa shape index (κ2) is 8.79. The van der Waals surface area contributed by atoms with Crippen LogP contribution in [0.4, 0.5) is 0 Å². The van der Waals surface area contributed by atoms with Gasteiger partial charge >= 0.3 is 0 Å². The van der Waals surface area contributed by atoms with Crippen LogP contribution < -0.4 is 4.74 Å². The Bertz CT molecular complexity index is 1110. The summed E-state index contributed by atoms with van der Waals surface area (Å²) < 4.78 is 14.0. The summed E-state index contributed by atoms with van der Waals surface area (Å²) in [5.41, 5.74) is 1.86. The van der Waals surface area contributed by atoms with E-state index in [0.717, 1.165) is 38.9 Å². The van der Waals surface area contributed by atoms with Gasteiger partial charge in [0, 0.05) is 16.6 Å². The first-order chi connectivity index (χ1) is 14.2. The van der Waals surface area contributed by atoms with Gasteiger partial charge < -0.3 is 13.7 Å². The molecule has 0 aliphatic heterocycles. The first-order valence-corrected chi connectivity index (χ1v) is 10.7. The van der Waals surface area contributed by atoms with Gasteiger partial charge in [-0.25, -0.2) is 0 Å². The number of aromatic nitrogens is 5. The van der Waals surface area contributed by atoms with Gasteiger partial charge in [-0.2, -0.15) is 0 Å². The fourth-order valence-electron chi connectivity index (χ4n) is 2.82. The summed E-state index contributed by atoms with van der Waals surface area (Å²) in [5.74, 6) is 3.17. The molecule has 0 bridgehead atoms. The fourth-order valence-corrected chi connectivity index (χ4v) is 4.11. The Balaban J connectivity index is 1.50. The molecule has 0 unspecified atom stereocenters. The zero-order chi connectivity index (χ0) is 20.2. The number of benzene rings is 2. The van der Waals surface area contributed by atoms with E-state index in [-0.39, 0.29) is 0 Å². The molecular weight excluding hydrogens is 454 g/mol. The monoisotopic (exact) mass is 471 g/mol. The van der Waals surface area contributed by atoms with E-state index < -0.39 is 0 Å². The lowest BCUT2D eigenvalue weighted by Crippen LogP contribution is -2.00. The van der Waals surface area contributed by atoms with Crippen LogP contribution in [-0.4, -0.2) is 32.1 Å². The summed E-state index contributed by atoms with van der Waals surface area (Å²) >= 11 is 5.03. The highest BCUT2D eigenvalue weighted by molar-refractivity contribution is 9.10. The molecule has 4 rings (SSSR count). The number of hydrogen-bond donors (Lipinski definition) is 0. The normalized spacial score (nSPS) is 11.0. The molecule has 0 radical (unpaired) electrons. The zero-order valence-corrected chi connectivity index (χ0v) is 18.3. The van der Waals surface area contributed by atoms with Crippen LogP contribution in [0.15, 0.2) is 62.6 Å². The summed E-state index contributed by atoms with van der Waals surface area (Å²) in [5, 5.41) is 17.8. The van der Waals surface area contributed by atoms with Crippen LogP contribution in [0, 0.1) is 0 Å². The van der Waals surface area contributed by atoms with Crippen LogP contribution in [0.1, 0.15) is 12.8 Å². The van der Waals surface area contributed by atoms with Crippen molar-refractivity contribution in [2.45, 2.75) is 24.4 Å². The molecule has 0 atom stereocenters. The predicted octanol–water partition coefficient (Wildman–Crippen LogP) is 5.08. The third kappa shape index (κ3) is 4.20. The molecule has 7 nitrogen and oxygen atoms in total. The van der Waals surface area contributed by atoms with Crippen molar-refractivity contribution in [2.75, 3.05) is 7.11 Å². The first-order valence-electron chi connectivity index (χ1n) is 8.97. The largest absolute Gasteiger partial charge is 0.497 e. The Morgan fingerprint density at radius 3 is 2.55 bits per heavy atom. The lowest BCUT2D eigenvalue weighted by Gasteiger charge is -2.07. The molecule has 0 saturated carbocycles.